The van der Waals surface area contributed by atoms with Gasteiger partial charge in [-0.05, 0) is 6.42 Å². The van der Waals surface area contributed by atoms with Crippen molar-refractivity contribution in [1.82, 2.24) is 14.3 Å². The van der Waals surface area contributed by atoms with E-state index < -0.39 is 17.2 Å². The Bertz CT molecular complexity index is 575. The number of aromatic nitrogens is 3. The van der Waals surface area contributed by atoms with Crippen molar-refractivity contribution in [1.29, 1.82) is 0 Å². The Hall–Kier alpha value is -2.12. The summed E-state index contributed by atoms with van der Waals surface area (Å²) in [6.07, 6.45) is 1.26. The summed E-state index contributed by atoms with van der Waals surface area (Å²) in [5.41, 5.74) is -1.09. The van der Waals surface area contributed by atoms with Crippen LogP contribution in [0.2, 0.25) is 0 Å². The van der Waals surface area contributed by atoms with Gasteiger partial charge < -0.3 is 10.4 Å². The number of carboxylic acids is 1. The SMILES string of the molecule is CCCC(CC(=O)O)Nc1nn(C)c(=O)n(C)c1=O. The van der Waals surface area contributed by atoms with E-state index in [9.17, 15) is 14.4 Å². The van der Waals surface area contributed by atoms with Gasteiger partial charge in [0.25, 0.3) is 5.56 Å². The molecule has 2 N–H and O–H groups in total. The zero-order valence-corrected chi connectivity index (χ0v) is 11.2. The van der Waals surface area contributed by atoms with Gasteiger partial charge in [-0.15, -0.1) is 5.10 Å². The van der Waals surface area contributed by atoms with Crippen LogP contribution in [-0.2, 0) is 18.9 Å². The second-order valence-corrected chi connectivity index (χ2v) is 4.35. The molecule has 8 heteroatoms. The second-order valence-electron chi connectivity index (χ2n) is 4.35. The van der Waals surface area contributed by atoms with Crippen molar-refractivity contribution >= 4 is 11.8 Å². The van der Waals surface area contributed by atoms with Gasteiger partial charge in [-0.3, -0.25) is 14.2 Å². The molecular formula is C11H18N4O4. The maximum absolute atomic E-state index is 11.8. The molecule has 0 radical (unpaired) electrons. The summed E-state index contributed by atoms with van der Waals surface area (Å²) < 4.78 is 1.96. The van der Waals surface area contributed by atoms with E-state index in [0.717, 1.165) is 15.7 Å². The predicted molar refractivity (Wildman–Crippen MR) is 69.3 cm³/mol. The van der Waals surface area contributed by atoms with Crippen molar-refractivity contribution in [2.45, 2.75) is 32.2 Å². The molecule has 1 heterocycles. The zero-order valence-electron chi connectivity index (χ0n) is 11.2. The Balaban J connectivity index is 3.06. The van der Waals surface area contributed by atoms with Gasteiger partial charge in [0.15, 0.2) is 0 Å². The number of aryl methyl sites for hydroxylation is 1. The molecule has 19 heavy (non-hydrogen) atoms. The summed E-state index contributed by atoms with van der Waals surface area (Å²) in [5, 5.41) is 15.4. The van der Waals surface area contributed by atoms with Gasteiger partial charge in [0.05, 0.1) is 6.42 Å². The first kappa shape index (κ1) is 14.9. The van der Waals surface area contributed by atoms with Crippen LogP contribution in [0.5, 0.6) is 0 Å². The molecule has 1 aromatic rings. The lowest BCUT2D eigenvalue weighted by Gasteiger charge is -2.16. The fourth-order valence-corrected chi connectivity index (χ4v) is 1.77. The highest BCUT2D eigenvalue weighted by molar-refractivity contribution is 5.68. The highest BCUT2D eigenvalue weighted by Gasteiger charge is 2.16. The van der Waals surface area contributed by atoms with Crippen LogP contribution in [0.3, 0.4) is 0 Å². The van der Waals surface area contributed by atoms with Crippen LogP contribution in [-0.4, -0.2) is 31.5 Å². The number of nitrogens with zero attached hydrogens (tertiary/aromatic N) is 3. The Morgan fingerprint density at radius 2 is 2.05 bits per heavy atom. The van der Waals surface area contributed by atoms with E-state index in [1.54, 1.807) is 0 Å². The van der Waals surface area contributed by atoms with E-state index in [4.69, 9.17) is 5.11 Å². The van der Waals surface area contributed by atoms with Crippen molar-refractivity contribution in [3.05, 3.63) is 20.8 Å². The average Bonchev–Trinajstić information content (AvgIpc) is 2.33. The number of carbonyl (C=O) groups is 1. The minimum absolute atomic E-state index is 0.00991. The Morgan fingerprint density at radius 1 is 1.42 bits per heavy atom. The molecule has 0 aliphatic heterocycles. The highest BCUT2D eigenvalue weighted by atomic mass is 16.4. The zero-order chi connectivity index (χ0) is 14.6. The third-order valence-electron chi connectivity index (χ3n) is 2.72. The molecule has 1 unspecified atom stereocenters. The summed E-state index contributed by atoms with van der Waals surface area (Å²) in [7, 11) is 2.78. The quantitative estimate of drug-likeness (QED) is 0.724. The van der Waals surface area contributed by atoms with Crippen molar-refractivity contribution in [2.24, 2.45) is 14.1 Å². The number of hydrogen-bond donors (Lipinski definition) is 2. The standard InChI is InChI=1S/C11H18N4O4/c1-4-5-7(6-8(16)17)12-9-10(18)14(2)11(19)15(3)13-9/h7H,4-6H2,1-3H3,(H,12,13)(H,16,17). The molecule has 0 spiro atoms. The molecule has 1 aromatic heterocycles. The van der Waals surface area contributed by atoms with Crippen LogP contribution in [0.1, 0.15) is 26.2 Å². The first-order valence-corrected chi connectivity index (χ1v) is 5.99. The van der Waals surface area contributed by atoms with Crippen LogP contribution in [0.15, 0.2) is 9.59 Å². The lowest BCUT2D eigenvalue weighted by molar-refractivity contribution is -0.137. The monoisotopic (exact) mass is 270 g/mol. The first-order valence-electron chi connectivity index (χ1n) is 5.99. The lowest BCUT2D eigenvalue weighted by atomic mass is 10.1. The maximum Gasteiger partial charge on any atom is 0.346 e. The molecule has 1 rings (SSSR count). The number of aliphatic carboxylic acids is 1. The molecule has 0 saturated carbocycles. The van der Waals surface area contributed by atoms with Gasteiger partial charge in [0.2, 0.25) is 5.82 Å². The van der Waals surface area contributed by atoms with Crippen LogP contribution in [0, 0.1) is 0 Å². The largest absolute Gasteiger partial charge is 0.481 e. The minimum atomic E-state index is -0.951. The van der Waals surface area contributed by atoms with E-state index in [1.807, 2.05) is 6.92 Å². The molecule has 0 amide bonds. The normalized spacial score (nSPS) is 12.2. The number of nitrogens with one attached hydrogen (secondary N) is 1. The van der Waals surface area contributed by atoms with E-state index in [1.165, 1.54) is 14.1 Å². The van der Waals surface area contributed by atoms with Gasteiger partial charge in [-0.25, -0.2) is 9.48 Å². The van der Waals surface area contributed by atoms with Gasteiger partial charge in [0.1, 0.15) is 0 Å². The number of anilines is 1. The fraction of sp³-hybridized carbons (Fsp3) is 0.636. The molecule has 0 aromatic carbocycles. The van der Waals surface area contributed by atoms with Crippen LogP contribution in [0.4, 0.5) is 5.82 Å². The second kappa shape index (κ2) is 6.17. The Morgan fingerprint density at radius 3 is 2.58 bits per heavy atom. The summed E-state index contributed by atoms with van der Waals surface area (Å²) in [4.78, 5) is 34.1. The molecule has 0 bridgehead atoms. The Labute approximate surface area is 109 Å². The van der Waals surface area contributed by atoms with Crippen molar-refractivity contribution in [3.63, 3.8) is 0 Å². The molecule has 0 aliphatic rings. The van der Waals surface area contributed by atoms with E-state index in [2.05, 4.69) is 10.4 Å². The topological polar surface area (TPSA) is 106 Å². The summed E-state index contributed by atoms with van der Waals surface area (Å²) in [6, 6.07) is -0.389. The molecule has 0 fully saturated rings. The molecule has 0 saturated heterocycles. The van der Waals surface area contributed by atoms with Crippen LogP contribution < -0.4 is 16.6 Å². The minimum Gasteiger partial charge on any atom is -0.481 e. The maximum atomic E-state index is 11.8. The number of hydrogen-bond acceptors (Lipinski definition) is 5. The molecule has 8 nitrogen and oxygen atoms in total. The Kier molecular flexibility index (Phi) is 4.85. The molecule has 0 aliphatic carbocycles. The third kappa shape index (κ3) is 3.67. The average molecular weight is 270 g/mol. The van der Waals surface area contributed by atoms with Crippen molar-refractivity contribution in [2.75, 3.05) is 5.32 Å². The number of carboxylic acid groups (broad SMARTS) is 1. The summed E-state index contributed by atoms with van der Waals surface area (Å²) in [5.74, 6) is -0.961. The third-order valence-corrected chi connectivity index (χ3v) is 2.72. The van der Waals surface area contributed by atoms with E-state index in [-0.39, 0.29) is 18.3 Å². The number of rotatable bonds is 6. The predicted octanol–water partition coefficient (Wildman–Crippen LogP) is -0.466. The smallest absolute Gasteiger partial charge is 0.346 e. The lowest BCUT2D eigenvalue weighted by Crippen LogP contribution is -2.41. The first-order chi connectivity index (χ1) is 8.86. The highest BCUT2D eigenvalue weighted by Crippen LogP contribution is 2.07. The van der Waals surface area contributed by atoms with Gasteiger partial charge in [0, 0.05) is 20.1 Å². The summed E-state index contributed by atoms with van der Waals surface area (Å²) in [6.45, 7) is 1.92. The van der Waals surface area contributed by atoms with Crippen molar-refractivity contribution < 1.29 is 9.90 Å². The van der Waals surface area contributed by atoms with Crippen molar-refractivity contribution in [3.8, 4) is 0 Å². The van der Waals surface area contributed by atoms with E-state index in [0.29, 0.717) is 6.42 Å². The molecule has 106 valence electrons. The van der Waals surface area contributed by atoms with E-state index >= 15 is 0 Å². The molecular weight excluding hydrogens is 252 g/mol. The fourth-order valence-electron chi connectivity index (χ4n) is 1.77. The molecule has 1 atom stereocenters. The van der Waals surface area contributed by atoms with Crippen LogP contribution >= 0.6 is 0 Å². The van der Waals surface area contributed by atoms with Gasteiger partial charge >= 0.3 is 11.7 Å². The van der Waals surface area contributed by atoms with Crippen LogP contribution in [0.25, 0.3) is 0 Å². The summed E-state index contributed by atoms with van der Waals surface area (Å²) >= 11 is 0. The van der Waals surface area contributed by atoms with Gasteiger partial charge in [-0.1, -0.05) is 13.3 Å². The van der Waals surface area contributed by atoms with Gasteiger partial charge in [-0.2, -0.15) is 0 Å².